The molecule has 1 heterocycles. The van der Waals surface area contributed by atoms with E-state index in [1.54, 1.807) is 0 Å². The number of nitrogens with zero attached hydrogens (tertiary/aromatic N) is 1. The first kappa shape index (κ1) is 13.7. The van der Waals surface area contributed by atoms with Crippen LogP contribution in [-0.2, 0) is 0 Å². The van der Waals surface area contributed by atoms with Crippen LogP contribution in [0.15, 0.2) is 12.1 Å². The highest BCUT2D eigenvalue weighted by atomic mass is 35.5. The third-order valence-corrected chi connectivity index (χ3v) is 3.98. The van der Waals surface area contributed by atoms with Gasteiger partial charge in [-0.1, -0.05) is 17.7 Å². The molecule has 0 radical (unpaired) electrons. The van der Waals surface area contributed by atoms with Crippen LogP contribution in [-0.4, -0.2) is 25.2 Å². The number of halogens is 1. The van der Waals surface area contributed by atoms with Crippen molar-refractivity contribution in [3.63, 3.8) is 0 Å². The smallest absolute Gasteiger partial charge is 0.0645 e. The fourth-order valence-corrected chi connectivity index (χ4v) is 3.24. The molecule has 1 aliphatic rings. The van der Waals surface area contributed by atoms with Crippen LogP contribution in [0.3, 0.4) is 0 Å². The molecule has 0 amide bonds. The van der Waals surface area contributed by atoms with Gasteiger partial charge in [0, 0.05) is 18.6 Å². The number of hydrogen-bond acceptors (Lipinski definition) is 2. The van der Waals surface area contributed by atoms with E-state index >= 15 is 0 Å². The lowest BCUT2D eigenvalue weighted by atomic mass is 9.99. The molecule has 18 heavy (non-hydrogen) atoms. The summed E-state index contributed by atoms with van der Waals surface area (Å²) in [5.41, 5.74) is 3.80. The summed E-state index contributed by atoms with van der Waals surface area (Å²) in [5, 5.41) is 4.38. The maximum absolute atomic E-state index is 6.49. The third kappa shape index (κ3) is 2.65. The highest BCUT2D eigenvalue weighted by Crippen LogP contribution is 2.35. The lowest BCUT2D eigenvalue weighted by Crippen LogP contribution is -2.49. The van der Waals surface area contributed by atoms with Crippen molar-refractivity contribution in [1.82, 2.24) is 5.32 Å². The maximum atomic E-state index is 6.49. The van der Waals surface area contributed by atoms with Crippen molar-refractivity contribution >= 4 is 17.3 Å². The maximum Gasteiger partial charge on any atom is 0.0645 e. The zero-order chi connectivity index (χ0) is 13.3. The van der Waals surface area contributed by atoms with Gasteiger partial charge in [-0.3, -0.25) is 0 Å². The van der Waals surface area contributed by atoms with Crippen LogP contribution in [0.1, 0.15) is 31.4 Å². The molecule has 1 saturated heterocycles. The average molecular weight is 267 g/mol. The Morgan fingerprint density at radius 2 is 2.00 bits per heavy atom. The molecule has 3 heteroatoms. The van der Waals surface area contributed by atoms with Gasteiger partial charge < -0.3 is 10.2 Å². The normalized spacial score (nSPS) is 19.7. The molecule has 1 aliphatic heterocycles. The van der Waals surface area contributed by atoms with E-state index in [4.69, 9.17) is 11.6 Å². The number of anilines is 1. The van der Waals surface area contributed by atoms with Gasteiger partial charge in [0.25, 0.3) is 0 Å². The Bertz CT molecular complexity index is 417. The van der Waals surface area contributed by atoms with E-state index in [2.05, 4.69) is 50.0 Å². The fourth-order valence-electron chi connectivity index (χ4n) is 2.82. The van der Waals surface area contributed by atoms with Gasteiger partial charge >= 0.3 is 0 Å². The highest BCUT2D eigenvalue weighted by Gasteiger charge is 2.30. The van der Waals surface area contributed by atoms with E-state index in [9.17, 15) is 0 Å². The Morgan fingerprint density at radius 1 is 1.28 bits per heavy atom. The largest absolute Gasteiger partial charge is 0.364 e. The molecular weight excluding hydrogens is 244 g/mol. The van der Waals surface area contributed by atoms with E-state index in [0.717, 1.165) is 31.1 Å². The summed E-state index contributed by atoms with van der Waals surface area (Å²) in [6.45, 7) is 11.9. The second-order valence-corrected chi connectivity index (χ2v) is 6.31. The second-order valence-electron chi connectivity index (χ2n) is 5.91. The van der Waals surface area contributed by atoms with Crippen LogP contribution in [0.5, 0.6) is 0 Å². The SMILES string of the molecule is Cc1cc(C)c(N2CCCNCC2(C)C)c(Cl)c1. The van der Waals surface area contributed by atoms with Crippen LogP contribution < -0.4 is 10.2 Å². The van der Waals surface area contributed by atoms with Crippen LogP contribution in [0.25, 0.3) is 0 Å². The van der Waals surface area contributed by atoms with E-state index < -0.39 is 0 Å². The lowest BCUT2D eigenvalue weighted by Gasteiger charge is -2.40. The molecule has 2 rings (SSSR count). The molecule has 0 atom stereocenters. The van der Waals surface area contributed by atoms with Gasteiger partial charge in [0.15, 0.2) is 0 Å². The molecule has 0 aromatic heterocycles. The molecule has 100 valence electrons. The van der Waals surface area contributed by atoms with Crippen molar-refractivity contribution in [3.05, 3.63) is 28.3 Å². The first-order chi connectivity index (χ1) is 8.42. The van der Waals surface area contributed by atoms with Gasteiger partial charge in [-0.25, -0.2) is 0 Å². The summed E-state index contributed by atoms with van der Waals surface area (Å²) >= 11 is 6.49. The molecule has 0 spiro atoms. The summed E-state index contributed by atoms with van der Waals surface area (Å²) in [4.78, 5) is 2.46. The zero-order valence-electron chi connectivity index (χ0n) is 11.8. The van der Waals surface area contributed by atoms with Gasteiger partial charge in [0.2, 0.25) is 0 Å². The summed E-state index contributed by atoms with van der Waals surface area (Å²) in [5.74, 6) is 0. The predicted molar refractivity (Wildman–Crippen MR) is 79.8 cm³/mol. The van der Waals surface area contributed by atoms with Crippen molar-refractivity contribution in [2.45, 2.75) is 39.7 Å². The van der Waals surface area contributed by atoms with Crippen molar-refractivity contribution in [2.24, 2.45) is 0 Å². The van der Waals surface area contributed by atoms with E-state index in [0.29, 0.717) is 0 Å². The number of rotatable bonds is 1. The van der Waals surface area contributed by atoms with Gasteiger partial charge in [0.1, 0.15) is 0 Å². The number of benzene rings is 1. The van der Waals surface area contributed by atoms with Gasteiger partial charge in [-0.2, -0.15) is 0 Å². The molecule has 0 aliphatic carbocycles. The predicted octanol–water partition coefficient (Wildman–Crippen LogP) is 3.54. The fraction of sp³-hybridized carbons (Fsp3) is 0.600. The Kier molecular flexibility index (Phi) is 3.88. The van der Waals surface area contributed by atoms with Gasteiger partial charge in [0.05, 0.1) is 10.7 Å². The molecule has 1 aromatic carbocycles. The monoisotopic (exact) mass is 266 g/mol. The van der Waals surface area contributed by atoms with Crippen LogP contribution in [0.2, 0.25) is 5.02 Å². The van der Waals surface area contributed by atoms with Crippen LogP contribution in [0.4, 0.5) is 5.69 Å². The van der Waals surface area contributed by atoms with E-state index in [1.165, 1.54) is 16.8 Å². The molecule has 1 aromatic rings. The third-order valence-electron chi connectivity index (χ3n) is 3.69. The Morgan fingerprint density at radius 3 is 2.67 bits per heavy atom. The summed E-state index contributed by atoms with van der Waals surface area (Å²) in [7, 11) is 0. The lowest BCUT2D eigenvalue weighted by molar-refractivity contribution is 0.462. The zero-order valence-corrected chi connectivity index (χ0v) is 12.6. The summed E-state index contributed by atoms with van der Waals surface area (Å²) < 4.78 is 0. The van der Waals surface area contributed by atoms with Crippen LogP contribution >= 0.6 is 11.6 Å². The second kappa shape index (κ2) is 5.10. The van der Waals surface area contributed by atoms with Crippen molar-refractivity contribution < 1.29 is 0 Å². The standard InChI is InChI=1S/C15H23ClN2/c1-11-8-12(2)14(13(16)9-11)18-7-5-6-17-10-15(18,3)4/h8-9,17H,5-7,10H2,1-4H3. The summed E-state index contributed by atoms with van der Waals surface area (Å²) in [6.07, 6.45) is 1.16. The summed E-state index contributed by atoms with van der Waals surface area (Å²) in [6, 6.07) is 4.29. The number of aryl methyl sites for hydroxylation is 2. The van der Waals surface area contributed by atoms with E-state index in [-0.39, 0.29) is 5.54 Å². The van der Waals surface area contributed by atoms with Crippen molar-refractivity contribution in [1.29, 1.82) is 0 Å². The minimum atomic E-state index is 0.0974. The van der Waals surface area contributed by atoms with Crippen LogP contribution in [0, 0.1) is 13.8 Å². The first-order valence-corrected chi connectivity index (χ1v) is 7.05. The topological polar surface area (TPSA) is 15.3 Å². The molecule has 2 nitrogen and oxygen atoms in total. The molecule has 1 fully saturated rings. The Hall–Kier alpha value is -0.730. The first-order valence-electron chi connectivity index (χ1n) is 6.67. The van der Waals surface area contributed by atoms with Crippen molar-refractivity contribution in [3.8, 4) is 0 Å². The highest BCUT2D eigenvalue weighted by molar-refractivity contribution is 6.33. The molecule has 0 unspecified atom stereocenters. The Balaban J connectivity index is 2.46. The van der Waals surface area contributed by atoms with Gasteiger partial charge in [-0.15, -0.1) is 0 Å². The molecule has 0 bridgehead atoms. The van der Waals surface area contributed by atoms with Gasteiger partial charge in [-0.05, 0) is 57.9 Å². The Labute approximate surface area is 115 Å². The average Bonchev–Trinajstić information content (AvgIpc) is 2.39. The number of nitrogens with one attached hydrogen (secondary N) is 1. The van der Waals surface area contributed by atoms with Crippen molar-refractivity contribution in [2.75, 3.05) is 24.5 Å². The molecule has 0 saturated carbocycles. The number of hydrogen-bond donors (Lipinski definition) is 1. The minimum Gasteiger partial charge on any atom is -0.364 e. The van der Waals surface area contributed by atoms with E-state index in [1.807, 2.05) is 0 Å². The molecule has 1 N–H and O–H groups in total. The minimum absolute atomic E-state index is 0.0974. The quantitative estimate of drug-likeness (QED) is 0.837. The molecular formula is C15H23ClN2.